The van der Waals surface area contributed by atoms with Crippen molar-refractivity contribution < 1.29 is 14.3 Å². The van der Waals surface area contributed by atoms with Crippen LogP contribution in [0, 0.1) is 17.2 Å². The van der Waals surface area contributed by atoms with E-state index in [2.05, 4.69) is 67.8 Å². The quantitative estimate of drug-likeness (QED) is 0.146. The molecule has 1 saturated carbocycles. The minimum absolute atomic E-state index is 0.0351. The highest BCUT2D eigenvalue weighted by Crippen LogP contribution is 2.38. The number of aromatic nitrogens is 4. The molecule has 1 aliphatic carbocycles. The summed E-state index contributed by atoms with van der Waals surface area (Å²) in [6, 6.07) is 23.9. The van der Waals surface area contributed by atoms with Gasteiger partial charge in [-0.15, -0.1) is 10.2 Å². The molecule has 3 aromatic heterocycles. The Morgan fingerprint density at radius 3 is 2.46 bits per heavy atom. The highest BCUT2D eigenvalue weighted by Gasteiger charge is 2.27. The standard InChI is InChI=1S/C48H50ClN9O3/c1-56-44-17-12-38(25-33(44)7-19-47(56)59)58-22-2-3-32-26-43(52-30-45(32)58)35-5-9-36(51-29-35)8-4-31-20-23-57(24-21-31)46-18-16-42(54-55-46)48(60)53-37-10-14-39(15-11-37)61-40-13-6-34(28-50)41(49)27-40/h5-6,9,12-13,16-18,25-27,29-31,37,39H,2-4,7-8,10-11,14-15,19-24H2,1H3,(H,53,60). The second kappa shape index (κ2) is 17.9. The molecule has 2 fully saturated rings. The largest absolute Gasteiger partial charge is 0.490 e. The molecule has 2 aromatic carbocycles. The summed E-state index contributed by atoms with van der Waals surface area (Å²) in [5.74, 6) is 2.04. The van der Waals surface area contributed by atoms with Crippen molar-refractivity contribution in [1.82, 2.24) is 25.5 Å². The van der Waals surface area contributed by atoms with Crippen molar-refractivity contribution in [3.8, 4) is 23.1 Å². The number of nitrogens with one attached hydrogen (secondary N) is 1. The number of nitrogens with zero attached hydrogens (tertiary/aromatic N) is 8. The molecule has 4 aliphatic rings. The van der Waals surface area contributed by atoms with Crippen LogP contribution < -0.4 is 24.8 Å². The van der Waals surface area contributed by atoms with Gasteiger partial charge in [0.1, 0.15) is 11.8 Å². The minimum atomic E-state index is -0.204. The minimum Gasteiger partial charge on any atom is -0.490 e. The third kappa shape index (κ3) is 9.03. The molecule has 0 radical (unpaired) electrons. The number of aryl methyl sites for hydroxylation is 3. The first-order valence-electron chi connectivity index (χ1n) is 21.6. The Kier molecular flexibility index (Phi) is 11.8. The van der Waals surface area contributed by atoms with Crippen LogP contribution >= 0.6 is 11.6 Å². The lowest BCUT2D eigenvalue weighted by atomic mass is 9.91. The number of carbonyl (C=O) groups excluding carboxylic acids is 2. The van der Waals surface area contributed by atoms with Crippen LogP contribution in [0.15, 0.2) is 79.1 Å². The van der Waals surface area contributed by atoms with E-state index < -0.39 is 0 Å². The van der Waals surface area contributed by atoms with Gasteiger partial charge in [0.05, 0.1) is 34.3 Å². The SMILES string of the molecule is CN1C(=O)CCc2cc(N3CCCc4cc(-c5ccc(CCC6CCN(c7ccc(C(=O)NC8CCC(Oc9ccc(C#N)c(Cl)c9)CC8)nn7)CC6)nc5)ncc43)ccc21. The number of rotatable bonds is 10. The van der Waals surface area contributed by atoms with Gasteiger partial charge in [0, 0.05) is 74.0 Å². The summed E-state index contributed by atoms with van der Waals surface area (Å²) < 4.78 is 6.09. The van der Waals surface area contributed by atoms with E-state index in [-0.39, 0.29) is 24.0 Å². The van der Waals surface area contributed by atoms with E-state index >= 15 is 0 Å². The zero-order valence-electron chi connectivity index (χ0n) is 34.5. The number of ether oxygens (including phenoxy) is 1. The van der Waals surface area contributed by atoms with Gasteiger partial charge in [0.2, 0.25) is 5.91 Å². The summed E-state index contributed by atoms with van der Waals surface area (Å²) in [6.07, 6.45) is 14.8. The lowest BCUT2D eigenvalue weighted by Crippen LogP contribution is -2.40. The number of piperidine rings is 1. The Hall–Kier alpha value is -6.06. The number of amides is 2. The molecule has 0 unspecified atom stereocenters. The summed E-state index contributed by atoms with van der Waals surface area (Å²) >= 11 is 6.16. The Balaban J connectivity index is 0.716. The molecule has 2 amide bonds. The summed E-state index contributed by atoms with van der Waals surface area (Å²) in [5, 5.41) is 21.4. The molecule has 6 heterocycles. The van der Waals surface area contributed by atoms with E-state index in [1.165, 1.54) is 11.1 Å². The third-order valence-electron chi connectivity index (χ3n) is 12.9. The highest BCUT2D eigenvalue weighted by atomic mass is 35.5. The molecule has 0 atom stereocenters. The van der Waals surface area contributed by atoms with Gasteiger partial charge in [-0.05, 0) is 148 Å². The van der Waals surface area contributed by atoms with Crippen molar-refractivity contribution in [3.05, 3.63) is 112 Å². The van der Waals surface area contributed by atoms with Crippen LogP contribution in [0.3, 0.4) is 0 Å². The zero-order chi connectivity index (χ0) is 41.9. The molecule has 1 saturated heterocycles. The van der Waals surface area contributed by atoms with Gasteiger partial charge in [0.25, 0.3) is 5.91 Å². The Labute approximate surface area is 361 Å². The number of pyridine rings is 2. The maximum atomic E-state index is 13.0. The summed E-state index contributed by atoms with van der Waals surface area (Å²) in [7, 11) is 1.86. The number of halogens is 1. The molecule has 61 heavy (non-hydrogen) atoms. The molecule has 3 aliphatic heterocycles. The van der Waals surface area contributed by atoms with Crippen molar-refractivity contribution in [1.29, 1.82) is 5.26 Å². The van der Waals surface area contributed by atoms with E-state index in [4.69, 9.17) is 31.6 Å². The van der Waals surface area contributed by atoms with Crippen molar-refractivity contribution >= 4 is 46.3 Å². The number of nitriles is 1. The third-order valence-corrected chi connectivity index (χ3v) is 13.2. The molecule has 0 bridgehead atoms. The van der Waals surface area contributed by atoms with Crippen LogP contribution in [0.4, 0.5) is 22.9 Å². The zero-order valence-corrected chi connectivity index (χ0v) is 35.3. The number of carbonyl (C=O) groups is 2. The molecule has 12 nitrogen and oxygen atoms in total. The van der Waals surface area contributed by atoms with E-state index in [1.54, 1.807) is 29.2 Å². The second-order valence-electron chi connectivity index (χ2n) is 16.8. The van der Waals surface area contributed by atoms with Crippen molar-refractivity contribution in [2.45, 2.75) is 89.2 Å². The molecular weight excluding hydrogens is 786 g/mol. The van der Waals surface area contributed by atoms with Crippen molar-refractivity contribution in [2.75, 3.05) is 41.4 Å². The van der Waals surface area contributed by atoms with E-state index in [0.29, 0.717) is 34.4 Å². The molecule has 1 N–H and O–H groups in total. The van der Waals surface area contributed by atoms with Crippen LogP contribution in [0.5, 0.6) is 5.75 Å². The van der Waals surface area contributed by atoms with Gasteiger partial charge in [0.15, 0.2) is 11.5 Å². The van der Waals surface area contributed by atoms with Crippen LogP contribution in [0.1, 0.15) is 90.7 Å². The maximum Gasteiger partial charge on any atom is 0.272 e. The Bertz CT molecular complexity index is 2440. The number of fused-ring (bicyclic) bond motifs is 2. The van der Waals surface area contributed by atoms with Crippen LogP contribution in [0.2, 0.25) is 5.02 Å². The maximum absolute atomic E-state index is 13.0. The molecular formula is C48H50ClN9O3. The molecule has 9 rings (SSSR count). The monoisotopic (exact) mass is 835 g/mol. The first kappa shape index (κ1) is 40.4. The average molecular weight is 836 g/mol. The molecule has 312 valence electrons. The van der Waals surface area contributed by atoms with E-state index in [0.717, 1.165) is 130 Å². The predicted molar refractivity (Wildman–Crippen MR) is 237 cm³/mol. The Morgan fingerprint density at radius 2 is 1.70 bits per heavy atom. The fourth-order valence-corrected chi connectivity index (χ4v) is 9.51. The number of hydrogen-bond donors (Lipinski definition) is 1. The molecule has 0 spiro atoms. The topological polar surface area (TPSA) is 140 Å². The second-order valence-corrected chi connectivity index (χ2v) is 17.2. The summed E-state index contributed by atoms with van der Waals surface area (Å²) in [4.78, 5) is 41.4. The smallest absolute Gasteiger partial charge is 0.272 e. The highest BCUT2D eigenvalue weighted by molar-refractivity contribution is 6.31. The van der Waals surface area contributed by atoms with Gasteiger partial charge in [-0.25, -0.2) is 0 Å². The number of benzene rings is 2. The predicted octanol–water partition coefficient (Wildman–Crippen LogP) is 8.42. The lowest BCUT2D eigenvalue weighted by molar-refractivity contribution is -0.118. The first-order chi connectivity index (χ1) is 29.8. The molecule has 13 heteroatoms. The van der Waals surface area contributed by atoms with Crippen LogP contribution in [-0.4, -0.2) is 70.8 Å². The average Bonchev–Trinajstić information content (AvgIpc) is 3.30. The summed E-state index contributed by atoms with van der Waals surface area (Å²) in [6.45, 7) is 2.76. The Morgan fingerprint density at radius 1 is 0.869 bits per heavy atom. The van der Waals surface area contributed by atoms with Gasteiger partial charge >= 0.3 is 0 Å². The van der Waals surface area contributed by atoms with Crippen molar-refractivity contribution in [2.24, 2.45) is 5.92 Å². The van der Waals surface area contributed by atoms with Gasteiger partial charge in [-0.1, -0.05) is 11.6 Å². The lowest BCUT2D eigenvalue weighted by Gasteiger charge is -2.33. The van der Waals surface area contributed by atoms with Crippen molar-refractivity contribution in [3.63, 3.8) is 0 Å². The number of hydrogen-bond acceptors (Lipinski definition) is 10. The van der Waals surface area contributed by atoms with Gasteiger partial charge in [-0.2, -0.15) is 5.26 Å². The van der Waals surface area contributed by atoms with Crippen LogP contribution in [0.25, 0.3) is 11.3 Å². The molecule has 5 aromatic rings. The van der Waals surface area contributed by atoms with Crippen LogP contribution in [-0.2, 0) is 24.1 Å². The van der Waals surface area contributed by atoms with Gasteiger partial charge in [-0.3, -0.25) is 19.6 Å². The fourth-order valence-electron chi connectivity index (χ4n) is 9.30. The van der Waals surface area contributed by atoms with E-state index in [1.807, 2.05) is 25.5 Å². The van der Waals surface area contributed by atoms with Gasteiger partial charge < -0.3 is 24.8 Å². The normalized spacial score (nSPS) is 19.2. The number of anilines is 4. The fraction of sp³-hybridized carbons (Fsp3) is 0.396. The summed E-state index contributed by atoms with van der Waals surface area (Å²) in [5.41, 5.74) is 9.69. The van der Waals surface area contributed by atoms with E-state index in [9.17, 15) is 9.59 Å². The first-order valence-corrected chi connectivity index (χ1v) is 22.0.